The van der Waals surface area contributed by atoms with Gasteiger partial charge in [0.25, 0.3) is 0 Å². The van der Waals surface area contributed by atoms with E-state index in [9.17, 15) is 0 Å². The molecular weight excluding hydrogens is 394 g/mol. The second-order valence-electron chi connectivity index (χ2n) is 5.73. The quantitative estimate of drug-likeness (QED) is 0.493. The van der Waals surface area contributed by atoms with Crippen LogP contribution in [0.4, 0.5) is 17.2 Å². The molecule has 1 aromatic carbocycles. The molecule has 8 heteroatoms. The highest BCUT2D eigenvalue weighted by atomic mass is 79.9. The number of nitrogens with two attached hydrogens (primary N) is 1. The molecule has 4 aromatic rings. The van der Waals surface area contributed by atoms with E-state index in [2.05, 4.69) is 41.2 Å². The maximum atomic E-state index is 6.00. The van der Waals surface area contributed by atoms with Gasteiger partial charge in [-0.05, 0) is 24.3 Å². The molecule has 0 bridgehead atoms. The number of fused-ring (bicyclic) bond motifs is 1. The van der Waals surface area contributed by atoms with Gasteiger partial charge in [0.1, 0.15) is 11.4 Å². The highest BCUT2D eigenvalue weighted by Crippen LogP contribution is 2.33. The first-order valence-electron chi connectivity index (χ1n) is 7.81. The fourth-order valence-electron chi connectivity index (χ4n) is 2.57. The highest BCUT2D eigenvalue weighted by Gasteiger charge is 2.07. The van der Waals surface area contributed by atoms with E-state index in [4.69, 9.17) is 5.73 Å². The van der Waals surface area contributed by atoms with Gasteiger partial charge in [-0.2, -0.15) is 5.10 Å². The minimum absolute atomic E-state index is 0.333. The Kier molecular flexibility index (Phi) is 4.18. The van der Waals surface area contributed by atoms with Crippen molar-refractivity contribution in [2.24, 2.45) is 17.3 Å². The zero-order chi connectivity index (χ0) is 18.1. The van der Waals surface area contributed by atoms with Gasteiger partial charge in [0, 0.05) is 40.2 Å². The fraction of sp³-hybridized carbons (Fsp3) is 0.0556. The summed E-state index contributed by atoms with van der Waals surface area (Å²) in [4.78, 5) is 8.60. The molecular formula is C18H14BrN7. The van der Waals surface area contributed by atoms with E-state index in [1.54, 1.807) is 23.3 Å². The van der Waals surface area contributed by atoms with E-state index in [1.165, 1.54) is 0 Å². The van der Waals surface area contributed by atoms with Crippen molar-refractivity contribution in [3.05, 3.63) is 59.6 Å². The van der Waals surface area contributed by atoms with Crippen molar-refractivity contribution in [1.29, 1.82) is 0 Å². The van der Waals surface area contributed by atoms with Crippen molar-refractivity contribution in [1.82, 2.24) is 19.7 Å². The topological polar surface area (TPSA) is 94.3 Å². The molecule has 0 spiro atoms. The van der Waals surface area contributed by atoms with Crippen LogP contribution < -0.4 is 5.73 Å². The average Bonchev–Trinajstić information content (AvgIpc) is 3.08. The highest BCUT2D eigenvalue weighted by molar-refractivity contribution is 9.10. The van der Waals surface area contributed by atoms with Gasteiger partial charge >= 0.3 is 0 Å². The Morgan fingerprint density at radius 2 is 1.92 bits per heavy atom. The third-order valence-corrected chi connectivity index (χ3v) is 4.36. The number of aromatic nitrogens is 4. The van der Waals surface area contributed by atoms with E-state index < -0.39 is 0 Å². The van der Waals surface area contributed by atoms with E-state index in [0.717, 1.165) is 26.5 Å². The molecule has 0 amide bonds. The summed E-state index contributed by atoms with van der Waals surface area (Å²) in [5, 5.41) is 14.6. The molecule has 3 aromatic heterocycles. The van der Waals surface area contributed by atoms with Gasteiger partial charge in [-0.25, -0.2) is 4.98 Å². The second kappa shape index (κ2) is 6.64. The lowest BCUT2D eigenvalue weighted by Gasteiger charge is -2.04. The number of nitrogens with zero attached hydrogens (tertiary/aromatic N) is 6. The summed E-state index contributed by atoms with van der Waals surface area (Å²) in [7, 11) is 1.87. The van der Waals surface area contributed by atoms with Crippen molar-refractivity contribution in [2.45, 2.75) is 0 Å². The molecule has 0 aliphatic rings. The molecule has 0 aliphatic heterocycles. The van der Waals surface area contributed by atoms with Crippen LogP contribution in [0.3, 0.4) is 0 Å². The van der Waals surface area contributed by atoms with Crippen molar-refractivity contribution in [2.75, 3.05) is 5.73 Å². The normalized spacial score (nSPS) is 11.5. The fourth-order valence-corrected chi connectivity index (χ4v) is 2.93. The summed E-state index contributed by atoms with van der Waals surface area (Å²) in [5.74, 6) is 0.333. The molecule has 0 radical (unpaired) electrons. The van der Waals surface area contributed by atoms with Gasteiger partial charge in [0.05, 0.1) is 18.1 Å². The number of rotatable bonds is 3. The third-order valence-electron chi connectivity index (χ3n) is 3.87. The largest absolute Gasteiger partial charge is 0.382 e. The first-order chi connectivity index (χ1) is 12.6. The first-order valence-corrected chi connectivity index (χ1v) is 8.60. The Morgan fingerprint density at radius 1 is 1.04 bits per heavy atom. The Balaban J connectivity index is 1.67. The summed E-state index contributed by atoms with van der Waals surface area (Å²) in [6, 6.07) is 9.58. The van der Waals surface area contributed by atoms with Crippen LogP contribution >= 0.6 is 15.9 Å². The van der Waals surface area contributed by atoms with Crippen LogP contribution in [0.15, 0.2) is 69.8 Å². The van der Waals surface area contributed by atoms with Crippen LogP contribution in [0, 0.1) is 0 Å². The van der Waals surface area contributed by atoms with Crippen LogP contribution in [-0.2, 0) is 7.05 Å². The number of hydrogen-bond acceptors (Lipinski definition) is 6. The van der Waals surface area contributed by atoms with Crippen LogP contribution in [0.2, 0.25) is 0 Å². The van der Waals surface area contributed by atoms with Gasteiger partial charge in [-0.1, -0.05) is 22.0 Å². The van der Waals surface area contributed by atoms with E-state index in [-0.39, 0.29) is 0 Å². The molecule has 0 fully saturated rings. The third kappa shape index (κ3) is 3.18. The van der Waals surface area contributed by atoms with Crippen molar-refractivity contribution < 1.29 is 0 Å². The summed E-state index contributed by atoms with van der Waals surface area (Å²) < 4.78 is 2.67. The smallest absolute Gasteiger partial charge is 0.151 e. The Labute approximate surface area is 157 Å². The minimum atomic E-state index is 0.333. The van der Waals surface area contributed by atoms with Crippen LogP contribution in [0.1, 0.15) is 0 Å². The lowest BCUT2D eigenvalue weighted by atomic mass is 10.1. The molecule has 3 heterocycles. The van der Waals surface area contributed by atoms with Gasteiger partial charge in [0.2, 0.25) is 0 Å². The number of halogens is 1. The monoisotopic (exact) mass is 407 g/mol. The van der Waals surface area contributed by atoms with Crippen molar-refractivity contribution in [3.8, 4) is 11.3 Å². The number of anilines is 1. The number of aryl methyl sites for hydroxylation is 1. The van der Waals surface area contributed by atoms with Gasteiger partial charge in [-0.15, -0.1) is 10.2 Å². The van der Waals surface area contributed by atoms with Gasteiger partial charge in [0.15, 0.2) is 5.82 Å². The molecule has 26 heavy (non-hydrogen) atoms. The van der Waals surface area contributed by atoms with E-state index in [1.807, 2.05) is 43.6 Å². The molecule has 0 atom stereocenters. The standard InChI is InChI=1S/C18H14BrN7/c1-26-10-12(8-23-26)16-5-4-14(9-21-16)24-25-17-15-6-13(19)3-2-11(15)7-22-18(17)20/h2-10H,1H3,(H2,20,22). The van der Waals surface area contributed by atoms with Crippen molar-refractivity contribution >= 4 is 43.9 Å². The molecule has 0 saturated heterocycles. The van der Waals surface area contributed by atoms with Crippen LogP contribution in [0.5, 0.6) is 0 Å². The zero-order valence-electron chi connectivity index (χ0n) is 13.8. The summed E-state index contributed by atoms with van der Waals surface area (Å²) in [6.07, 6.45) is 7.06. The minimum Gasteiger partial charge on any atom is -0.382 e. The average molecular weight is 408 g/mol. The molecule has 0 aliphatic carbocycles. The predicted octanol–water partition coefficient (Wildman–Crippen LogP) is 4.79. The predicted molar refractivity (Wildman–Crippen MR) is 104 cm³/mol. The molecule has 0 unspecified atom stereocenters. The molecule has 128 valence electrons. The van der Waals surface area contributed by atoms with Crippen molar-refractivity contribution in [3.63, 3.8) is 0 Å². The SMILES string of the molecule is Cn1cc(-c2ccc(N=Nc3c(N)ncc4ccc(Br)cc34)cn2)cn1. The summed E-state index contributed by atoms with van der Waals surface area (Å²) >= 11 is 3.47. The molecule has 2 N–H and O–H groups in total. The van der Waals surface area contributed by atoms with Crippen LogP contribution in [-0.4, -0.2) is 19.7 Å². The second-order valence-corrected chi connectivity index (χ2v) is 6.64. The number of nitrogen functional groups attached to an aromatic ring is 1. The van der Waals surface area contributed by atoms with E-state index in [0.29, 0.717) is 17.2 Å². The van der Waals surface area contributed by atoms with Gasteiger partial charge < -0.3 is 5.73 Å². The summed E-state index contributed by atoms with van der Waals surface area (Å²) in [5.41, 5.74) is 8.94. The van der Waals surface area contributed by atoms with Gasteiger partial charge in [-0.3, -0.25) is 9.67 Å². The number of pyridine rings is 2. The first kappa shape index (κ1) is 16.3. The lowest BCUT2D eigenvalue weighted by molar-refractivity contribution is 0.768. The Hall–Kier alpha value is -3.13. The maximum absolute atomic E-state index is 6.00. The maximum Gasteiger partial charge on any atom is 0.151 e. The number of azo groups is 1. The summed E-state index contributed by atoms with van der Waals surface area (Å²) in [6.45, 7) is 0. The zero-order valence-corrected chi connectivity index (χ0v) is 15.4. The van der Waals surface area contributed by atoms with E-state index >= 15 is 0 Å². The Bertz CT molecular complexity index is 1110. The molecule has 7 nitrogen and oxygen atoms in total. The molecule has 4 rings (SSSR count). The molecule has 0 saturated carbocycles. The number of hydrogen-bond donors (Lipinski definition) is 1. The van der Waals surface area contributed by atoms with Crippen LogP contribution in [0.25, 0.3) is 22.0 Å². The Morgan fingerprint density at radius 3 is 2.65 bits per heavy atom. The number of benzene rings is 1. The lowest BCUT2D eigenvalue weighted by Crippen LogP contribution is -1.90.